The first-order valence-corrected chi connectivity index (χ1v) is 8.44. The molecule has 0 bridgehead atoms. The highest BCUT2D eigenvalue weighted by molar-refractivity contribution is 5.23. The molecule has 1 nitrogen and oxygen atoms in total. The van der Waals surface area contributed by atoms with Crippen LogP contribution in [0.1, 0.15) is 70.3 Å². The molecule has 0 spiro atoms. The topological polar surface area (TPSA) is 9.23 Å². The van der Waals surface area contributed by atoms with Gasteiger partial charge < -0.3 is 4.74 Å². The Balaban J connectivity index is 2.20. The molecule has 0 aliphatic heterocycles. The summed E-state index contributed by atoms with van der Waals surface area (Å²) in [4.78, 5) is 0. The number of halogens is 5. The Morgan fingerprint density at radius 3 is 1.67 bits per heavy atom. The summed E-state index contributed by atoms with van der Waals surface area (Å²) in [5.74, 6) is -9.73. The monoisotopic (exact) mass is 351 g/mol. The molecule has 0 aliphatic carbocycles. The van der Waals surface area contributed by atoms with Crippen molar-refractivity contribution in [3.05, 3.63) is 41.3 Å². The van der Waals surface area contributed by atoms with Crippen LogP contribution in [0.2, 0.25) is 0 Å². The minimum atomic E-state index is -2.16. The molecule has 6 heteroatoms. The fourth-order valence-corrected chi connectivity index (χ4v) is 2.36. The quantitative estimate of drug-likeness (QED) is 0.179. The minimum absolute atomic E-state index is 0.574. The third-order valence-corrected chi connectivity index (χ3v) is 3.82. The number of hydrogen-bond acceptors (Lipinski definition) is 1. The van der Waals surface area contributed by atoms with E-state index in [0.29, 0.717) is 6.42 Å². The third-order valence-electron chi connectivity index (χ3n) is 3.82. The van der Waals surface area contributed by atoms with Crippen LogP contribution in [-0.4, -0.2) is 0 Å². The summed E-state index contributed by atoms with van der Waals surface area (Å²) in [7, 11) is 0. The van der Waals surface area contributed by atoms with E-state index in [-0.39, 0.29) is 0 Å². The fraction of sp³-hybridized carbons (Fsp3) is 0.611. The SMILES string of the molecule is CCCCCCCCCC[CH]OCc1c(F)c(F)c(F)c(F)c1F. The summed E-state index contributed by atoms with van der Waals surface area (Å²) in [5.41, 5.74) is -0.946. The van der Waals surface area contributed by atoms with Crippen molar-refractivity contribution in [1.82, 2.24) is 0 Å². The average molecular weight is 351 g/mol. The van der Waals surface area contributed by atoms with Gasteiger partial charge in [0.05, 0.1) is 18.8 Å². The molecule has 0 unspecified atom stereocenters. The number of rotatable bonds is 12. The lowest BCUT2D eigenvalue weighted by Crippen LogP contribution is -2.08. The second-order valence-corrected chi connectivity index (χ2v) is 5.79. The first kappa shape index (κ1) is 20.9. The molecule has 0 amide bonds. The second-order valence-electron chi connectivity index (χ2n) is 5.79. The van der Waals surface area contributed by atoms with Gasteiger partial charge in [-0.25, -0.2) is 22.0 Å². The third kappa shape index (κ3) is 6.38. The van der Waals surface area contributed by atoms with Gasteiger partial charge >= 0.3 is 0 Å². The van der Waals surface area contributed by atoms with Crippen LogP contribution in [0.25, 0.3) is 0 Å². The van der Waals surface area contributed by atoms with E-state index in [2.05, 4.69) is 6.92 Å². The van der Waals surface area contributed by atoms with E-state index < -0.39 is 41.3 Å². The molecule has 0 saturated heterocycles. The Morgan fingerprint density at radius 1 is 0.667 bits per heavy atom. The molecule has 0 saturated carbocycles. The van der Waals surface area contributed by atoms with Crippen LogP contribution >= 0.6 is 0 Å². The van der Waals surface area contributed by atoms with Crippen molar-refractivity contribution in [2.24, 2.45) is 0 Å². The van der Waals surface area contributed by atoms with Gasteiger partial charge in [-0.3, -0.25) is 0 Å². The van der Waals surface area contributed by atoms with Crippen LogP contribution in [-0.2, 0) is 11.3 Å². The van der Waals surface area contributed by atoms with Gasteiger partial charge in [0.15, 0.2) is 23.3 Å². The molecule has 0 heterocycles. The number of ether oxygens (including phenoxy) is 1. The lowest BCUT2D eigenvalue weighted by Gasteiger charge is -2.08. The number of benzene rings is 1. The van der Waals surface area contributed by atoms with Gasteiger partial charge in [-0.15, -0.1) is 0 Å². The van der Waals surface area contributed by atoms with Crippen molar-refractivity contribution in [2.75, 3.05) is 0 Å². The van der Waals surface area contributed by atoms with Gasteiger partial charge in [0.2, 0.25) is 5.82 Å². The van der Waals surface area contributed by atoms with Gasteiger partial charge in [0.1, 0.15) is 0 Å². The molecule has 1 rings (SSSR count). The first-order chi connectivity index (χ1) is 11.5. The zero-order chi connectivity index (χ0) is 17.9. The van der Waals surface area contributed by atoms with E-state index in [4.69, 9.17) is 4.74 Å². The Bertz CT molecular complexity index is 476. The Labute approximate surface area is 140 Å². The molecular weight excluding hydrogens is 327 g/mol. The smallest absolute Gasteiger partial charge is 0.200 e. The average Bonchev–Trinajstić information content (AvgIpc) is 2.58. The number of unbranched alkanes of at least 4 members (excludes halogenated alkanes) is 8. The van der Waals surface area contributed by atoms with E-state index in [9.17, 15) is 22.0 Å². The van der Waals surface area contributed by atoms with Crippen molar-refractivity contribution in [2.45, 2.75) is 71.3 Å². The number of hydrogen-bond donors (Lipinski definition) is 0. The van der Waals surface area contributed by atoms with Gasteiger partial charge in [-0.1, -0.05) is 58.3 Å². The van der Waals surface area contributed by atoms with Crippen LogP contribution in [0, 0.1) is 35.7 Å². The van der Waals surface area contributed by atoms with E-state index in [1.807, 2.05) is 0 Å². The molecule has 137 valence electrons. The molecule has 0 aliphatic rings. The van der Waals surface area contributed by atoms with Crippen molar-refractivity contribution in [1.29, 1.82) is 0 Å². The van der Waals surface area contributed by atoms with Crippen LogP contribution in [0.4, 0.5) is 22.0 Å². The van der Waals surface area contributed by atoms with Crippen LogP contribution in [0.3, 0.4) is 0 Å². The summed E-state index contributed by atoms with van der Waals surface area (Å²) < 4.78 is 70.6. The summed E-state index contributed by atoms with van der Waals surface area (Å²) in [6, 6.07) is 0. The lowest BCUT2D eigenvalue weighted by atomic mass is 10.1. The predicted octanol–water partition coefficient (Wildman–Crippen LogP) is 6.59. The first-order valence-electron chi connectivity index (χ1n) is 8.44. The van der Waals surface area contributed by atoms with Crippen LogP contribution < -0.4 is 0 Å². The molecule has 1 aromatic carbocycles. The molecular formula is C18H24F5O. The minimum Gasteiger partial charge on any atom is -0.371 e. The van der Waals surface area contributed by atoms with Crippen molar-refractivity contribution in [3.8, 4) is 0 Å². The van der Waals surface area contributed by atoms with Gasteiger partial charge in [0.25, 0.3) is 0 Å². The molecule has 0 fully saturated rings. The maximum absolute atomic E-state index is 13.4. The lowest BCUT2D eigenvalue weighted by molar-refractivity contribution is 0.167. The van der Waals surface area contributed by atoms with E-state index in [0.717, 1.165) is 19.3 Å². The highest BCUT2D eigenvalue weighted by Crippen LogP contribution is 2.24. The Kier molecular flexibility index (Phi) is 9.91. The zero-order valence-corrected chi connectivity index (χ0v) is 13.9. The summed E-state index contributed by atoms with van der Waals surface area (Å²) in [5, 5.41) is 0. The molecule has 1 radical (unpaired) electrons. The standard InChI is InChI=1S/C18H24F5O/c1-2-3-4-5-6-7-8-9-10-11-24-12-13-14(19)16(21)18(23)17(22)15(13)20/h11H,2-10,12H2,1H3. The molecule has 24 heavy (non-hydrogen) atoms. The van der Waals surface area contributed by atoms with E-state index in [1.54, 1.807) is 0 Å². The second kappa shape index (κ2) is 11.4. The normalized spacial score (nSPS) is 11.2. The summed E-state index contributed by atoms with van der Waals surface area (Å²) >= 11 is 0. The van der Waals surface area contributed by atoms with Crippen LogP contribution in [0.5, 0.6) is 0 Å². The molecule has 1 aromatic rings. The van der Waals surface area contributed by atoms with Gasteiger partial charge in [0, 0.05) is 0 Å². The highest BCUT2D eigenvalue weighted by atomic mass is 19.2. The van der Waals surface area contributed by atoms with E-state index >= 15 is 0 Å². The van der Waals surface area contributed by atoms with Gasteiger partial charge in [-0.2, -0.15) is 0 Å². The predicted molar refractivity (Wildman–Crippen MR) is 82.5 cm³/mol. The summed E-state index contributed by atoms with van der Waals surface area (Å²) in [6.07, 6.45) is 9.74. The van der Waals surface area contributed by atoms with Crippen molar-refractivity contribution >= 4 is 0 Å². The maximum Gasteiger partial charge on any atom is 0.200 e. The van der Waals surface area contributed by atoms with Crippen molar-refractivity contribution < 1.29 is 26.7 Å². The zero-order valence-electron chi connectivity index (χ0n) is 13.9. The van der Waals surface area contributed by atoms with Crippen LogP contribution in [0.15, 0.2) is 0 Å². The van der Waals surface area contributed by atoms with Crippen molar-refractivity contribution in [3.63, 3.8) is 0 Å². The molecule has 0 aromatic heterocycles. The highest BCUT2D eigenvalue weighted by Gasteiger charge is 2.25. The maximum atomic E-state index is 13.4. The Hall–Kier alpha value is -1.17. The largest absolute Gasteiger partial charge is 0.371 e. The Morgan fingerprint density at radius 2 is 1.12 bits per heavy atom. The van der Waals surface area contributed by atoms with Gasteiger partial charge in [-0.05, 0) is 6.42 Å². The van der Waals surface area contributed by atoms with E-state index in [1.165, 1.54) is 38.7 Å². The fourth-order valence-electron chi connectivity index (χ4n) is 2.36. The molecule has 0 atom stereocenters. The summed E-state index contributed by atoms with van der Waals surface area (Å²) in [6.45, 7) is 2.85. The molecule has 0 N–H and O–H groups in total.